The molecule has 1 aromatic heterocycles. The Morgan fingerprint density at radius 2 is 1.79 bits per heavy atom. The van der Waals surface area contributed by atoms with Crippen LogP contribution in [0.2, 0.25) is 10.0 Å². The van der Waals surface area contributed by atoms with Crippen LogP contribution in [0.3, 0.4) is 0 Å². The van der Waals surface area contributed by atoms with Gasteiger partial charge in [-0.2, -0.15) is 0 Å². The molecule has 1 heterocycles. The molecule has 19 heavy (non-hydrogen) atoms. The van der Waals surface area contributed by atoms with E-state index in [0.717, 1.165) is 20.8 Å². The normalized spacial score (nSPS) is 10.9. The number of methoxy groups -OCH3 is 1. The van der Waals surface area contributed by atoms with E-state index in [9.17, 15) is 0 Å². The lowest BCUT2D eigenvalue weighted by atomic mass is 10.2. The van der Waals surface area contributed by atoms with Crippen LogP contribution in [0.5, 0.6) is 5.75 Å². The van der Waals surface area contributed by atoms with Crippen molar-refractivity contribution in [3.05, 3.63) is 46.4 Å². The van der Waals surface area contributed by atoms with Crippen LogP contribution in [0.15, 0.2) is 36.4 Å². The van der Waals surface area contributed by atoms with E-state index in [1.165, 1.54) is 0 Å². The Balaban J connectivity index is 2.16. The Hall–Kier alpha value is -1.29. The predicted molar refractivity (Wildman–Crippen MR) is 81.6 cm³/mol. The van der Waals surface area contributed by atoms with Crippen LogP contribution in [0.4, 0.5) is 0 Å². The number of halogens is 2. The van der Waals surface area contributed by atoms with E-state index in [-0.39, 0.29) is 0 Å². The molecular formula is C14H9Cl2NOS. The molecule has 0 unspecified atom stereocenters. The van der Waals surface area contributed by atoms with Crippen molar-refractivity contribution in [2.75, 3.05) is 7.11 Å². The smallest absolute Gasteiger partial charge is 0.156 e. The van der Waals surface area contributed by atoms with Gasteiger partial charge in [0.05, 0.1) is 27.4 Å². The maximum absolute atomic E-state index is 6.15. The highest BCUT2D eigenvalue weighted by atomic mass is 35.5. The standard InChI is InChI=1S/C14H9Cl2NOS/c1-18-13-9(15)6-8(7-10(13)16)14-17-11-4-2-3-5-12(11)19-14/h2-7H,1H3. The average Bonchev–Trinajstić information content (AvgIpc) is 2.82. The lowest BCUT2D eigenvalue weighted by molar-refractivity contribution is 0.415. The zero-order valence-electron chi connectivity index (χ0n) is 9.98. The summed E-state index contributed by atoms with van der Waals surface area (Å²) in [6, 6.07) is 11.7. The lowest BCUT2D eigenvalue weighted by Gasteiger charge is -2.06. The van der Waals surface area contributed by atoms with Crippen LogP contribution in [0.25, 0.3) is 20.8 Å². The number of hydrogen-bond acceptors (Lipinski definition) is 3. The van der Waals surface area contributed by atoms with Crippen molar-refractivity contribution < 1.29 is 4.74 Å². The van der Waals surface area contributed by atoms with Crippen molar-refractivity contribution in [3.8, 4) is 16.3 Å². The van der Waals surface area contributed by atoms with Gasteiger partial charge < -0.3 is 4.74 Å². The van der Waals surface area contributed by atoms with Crippen LogP contribution >= 0.6 is 34.5 Å². The van der Waals surface area contributed by atoms with E-state index >= 15 is 0 Å². The van der Waals surface area contributed by atoms with Gasteiger partial charge in [0.1, 0.15) is 5.01 Å². The zero-order chi connectivity index (χ0) is 13.4. The molecule has 0 atom stereocenters. The summed E-state index contributed by atoms with van der Waals surface area (Å²) in [5, 5.41) is 1.88. The Labute approximate surface area is 124 Å². The molecule has 0 amide bonds. The number of benzene rings is 2. The Kier molecular flexibility index (Phi) is 3.35. The number of nitrogens with zero attached hydrogens (tertiary/aromatic N) is 1. The van der Waals surface area contributed by atoms with Gasteiger partial charge in [-0.15, -0.1) is 11.3 Å². The topological polar surface area (TPSA) is 22.1 Å². The minimum Gasteiger partial charge on any atom is -0.494 e. The van der Waals surface area contributed by atoms with Crippen LogP contribution in [0.1, 0.15) is 0 Å². The van der Waals surface area contributed by atoms with Gasteiger partial charge in [0.2, 0.25) is 0 Å². The molecule has 3 rings (SSSR count). The third kappa shape index (κ3) is 2.29. The van der Waals surface area contributed by atoms with Gasteiger partial charge in [0.25, 0.3) is 0 Å². The first-order chi connectivity index (χ1) is 9.19. The number of hydrogen-bond donors (Lipinski definition) is 0. The van der Waals surface area contributed by atoms with E-state index in [0.29, 0.717) is 15.8 Å². The molecule has 2 nitrogen and oxygen atoms in total. The molecule has 2 aromatic carbocycles. The number of rotatable bonds is 2. The van der Waals surface area contributed by atoms with Gasteiger partial charge in [-0.25, -0.2) is 4.98 Å². The Morgan fingerprint density at radius 1 is 1.11 bits per heavy atom. The fraction of sp³-hybridized carbons (Fsp3) is 0.0714. The van der Waals surface area contributed by atoms with Crippen LogP contribution in [0, 0.1) is 0 Å². The molecular weight excluding hydrogens is 301 g/mol. The highest BCUT2D eigenvalue weighted by Crippen LogP contribution is 2.39. The summed E-state index contributed by atoms with van der Waals surface area (Å²) in [6.07, 6.45) is 0. The van der Waals surface area contributed by atoms with E-state index < -0.39 is 0 Å². The van der Waals surface area contributed by atoms with Crippen LogP contribution in [-0.4, -0.2) is 12.1 Å². The van der Waals surface area contributed by atoms with E-state index in [2.05, 4.69) is 4.98 Å². The third-order valence-corrected chi connectivity index (χ3v) is 4.39. The van der Waals surface area contributed by atoms with Crippen LogP contribution < -0.4 is 4.74 Å². The van der Waals surface area contributed by atoms with Crippen molar-refractivity contribution in [2.45, 2.75) is 0 Å². The average molecular weight is 310 g/mol. The minimum absolute atomic E-state index is 0.490. The third-order valence-electron chi connectivity index (χ3n) is 2.74. The maximum Gasteiger partial charge on any atom is 0.156 e. The Bertz CT molecular complexity index is 698. The van der Waals surface area contributed by atoms with E-state index in [1.807, 2.05) is 36.4 Å². The second kappa shape index (κ2) is 5.00. The quantitative estimate of drug-likeness (QED) is 0.642. The van der Waals surface area contributed by atoms with Crippen molar-refractivity contribution >= 4 is 44.8 Å². The van der Waals surface area contributed by atoms with E-state index in [4.69, 9.17) is 27.9 Å². The Morgan fingerprint density at radius 3 is 2.42 bits per heavy atom. The number of aromatic nitrogens is 1. The molecule has 0 aliphatic heterocycles. The molecule has 96 valence electrons. The van der Waals surface area contributed by atoms with Crippen molar-refractivity contribution in [1.82, 2.24) is 4.98 Å². The van der Waals surface area contributed by atoms with Gasteiger partial charge in [-0.1, -0.05) is 35.3 Å². The molecule has 5 heteroatoms. The summed E-state index contributed by atoms with van der Waals surface area (Å²) < 4.78 is 6.28. The molecule has 0 saturated carbocycles. The molecule has 0 N–H and O–H groups in total. The lowest BCUT2D eigenvalue weighted by Crippen LogP contribution is -1.87. The largest absolute Gasteiger partial charge is 0.494 e. The van der Waals surface area contributed by atoms with Gasteiger partial charge in [-0.3, -0.25) is 0 Å². The monoisotopic (exact) mass is 309 g/mol. The summed E-state index contributed by atoms with van der Waals surface area (Å²) >= 11 is 13.9. The van der Waals surface area contributed by atoms with Gasteiger partial charge >= 0.3 is 0 Å². The van der Waals surface area contributed by atoms with Crippen molar-refractivity contribution in [3.63, 3.8) is 0 Å². The number of para-hydroxylation sites is 1. The summed E-state index contributed by atoms with van der Waals surface area (Å²) in [4.78, 5) is 4.58. The number of ether oxygens (including phenoxy) is 1. The van der Waals surface area contributed by atoms with Gasteiger partial charge in [-0.05, 0) is 24.3 Å². The second-order valence-corrected chi connectivity index (χ2v) is 5.80. The van der Waals surface area contributed by atoms with Crippen LogP contribution in [-0.2, 0) is 0 Å². The SMILES string of the molecule is COc1c(Cl)cc(-c2nc3ccccc3s2)cc1Cl. The van der Waals surface area contributed by atoms with E-state index in [1.54, 1.807) is 18.4 Å². The van der Waals surface area contributed by atoms with Gasteiger partial charge in [0, 0.05) is 5.56 Å². The second-order valence-electron chi connectivity index (χ2n) is 3.96. The summed E-state index contributed by atoms with van der Waals surface area (Å²) in [6.45, 7) is 0. The molecule has 0 saturated heterocycles. The van der Waals surface area contributed by atoms with Crippen molar-refractivity contribution in [2.24, 2.45) is 0 Å². The molecule has 0 spiro atoms. The summed E-state index contributed by atoms with van der Waals surface area (Å²) in [5.41, 5.74) is 1.88. The molecule has 3 aromatic rings. The van der Waals surface area contributed by atoms with Gasteiger partial charge in [0.15, 0.2) is 5.75 Å². The predicted octanol–water partition coefficient (Wildman–Crippen LogP) is 5.28. The summed E-state index contributed by atoms with van der Waals surface area (Å²) in [7, 11) is 1.55. The first-order valence-corrected chi connectivity index (χ1v) is 7.15. The molecule has 0 aliphatic rings. The number of thiazole rings is 1. The molecule has 0 bridgehead atoms. The molecule has 0 aliphatic carbocycles. The maximum atomic E-state index is 6.15. The highest BCUT2D eigenvalue weighted by Gasteiger charge is 2.12. The molecule has 0 radical (unpaired) electrons. The first-order valence-electron chi connectivity index (χ1n) is 5.58. The highest BCUT2D eigenvalue weighted by molar-refractivity contribution is 7.21. The minimum atomic E-state index is 0.490. The number of fused-ring (bicyclic) bond motifs is 1. The molecule has 0 fully saturated rings. The van der Waals surface area contributed by atoms with Crippen molar-refractivity contribution in [1.29, 1.82) is 0 Å². The first kappa shape index (κ1) is 12.7. The zero-order valence-corrected chi connectivity index (χ0v) is 12.3. The fourth-order valence-corrected chi connectivity index (χ4v) is 3.47. The fourth-order valence-electron chi connectivity index (χ4n) is 1.87. The summed E-state index contributed by atoms with van der Waals surface area (Å²) in [5.74, 6) is 0.494.